The molecule has 0 saturated carbocycles. The molecule has 0 bridgehead atoms. The number of hydrogen-bond donors (Lipinski definition) is 0. The van der Waals surface area contributed by atoms with Crippen LogP contribution in [0, 0.1) is 13.8 Å². The number of pyridine rings is 1. The van der Waals surface area contributed by atoms with E-state index in [2.05, 4.69) is 9.72 Å². The molecular formula is C22H22F3N3O2. The van der Waals surface area contributed by atoms with E-state index >= 15 is 0 Å². The van der Waals surface area contributed by atoms with Crippen molar-refractivity contribution >= 4 is 0 Å². The molecule has 0 fully saturated rings. The van der Waals surface area contributed by atoms with Gasteiger partial charge in [-0.2, -0.15) is 8.78 Å². The Kier molecular flexibility index (Phi) is 5.76. The summed E-state index contributed by atoms with van der Waals surface area (Å²) in [5, 5.41) is 0. The normalized spacial score (nSPS) is 16.4. The minimum Gasteiger partial charge on any atom is -0.435 e. The molecule has 1 atom stereocenters. The Morgan fingerprint density at radius 2 is 2.03 bits per heavy atom. The summed E-state index contributed by atoms with van der Waals surface area (Å²) in [7, 11) is 0. The van der Waals surface area contributed by atoms with Crippen molar-refractivity contribution in [1.82, 2.24) is 14.5 Å². The number of benzene rings is 1. The van der Waals surface area contributed by atoms with Crippen LogP contribution in [0.1, 0.15) is 17.0 Å². The Bertz CT molecular complexity index is 1050. The molecule has 0 N–H and O–H groups in total. The van der Waals surface area contributed by atoms with Crippen molar-refractivity contribution in [3.63, 3.8) is 0 Å². The van der Waals surface area contributed by atoms with Crippen LogP contribution >= 0.6 is 0 Å². The van der Waals surface area contributed by atoms with Gasteiger partial charge in [0.05, 0.1) is 18.8 Å². The lowest BCUT2D eigenvalue weighted by atomic mass is 10.1. The molecule has 8 heteroatoms. The van der Waals surface area contributed by atoms with Crippen LogP contribution < -0.4 is 4.74 Å². The Morgan fingerprint density at radius 3 is 2.73 bits per heavy atom. The van der Waals surface area contributed by atoms with Crippen LogP contribution in [0.2, 0.25) is 0 Å². The fraction of sp³-hybridized carbons (Fsp3) is 0.364. The largest absolute Gasteiger partial charge is 0.435 e. The van der Waals surface area contributed by atoms with Gasteiger partial charge < -0.3 is 14.0 Å². The molecule has 0 aliphatic carbocycles. The quantitative estimate of drug-likeness (QED) is 0.602. The lowest BCUT2D eigenvalue weighted by molar-refractivity contribution is -0.0502. The fourth-order valence-corrected chi connectivity index (χ4v) is 3.77. The summed E-state index contributed by atoms with van der Waals surface area (Å²) in [5.41, 5.74) is 4.85. The van der Waals surface area contributed by atoms with E-state index in [1.165, 1.54) is 6.07 Å². The van der Waals surface area contributed by atoms with Gasteiger partial charge in [0.25, 0.3) is 0 Å². The number of fused-ring (bicyclic) bond motifs is 1. The van der Waals surface area contributed by atoms with Crippen LogP contribution in [0.4, 0.5) is 13.2 Å². The maximum Gasteiger partial charge on any atom is 0.387 e. The van der Waals surface area contributed by atoms with E-state index in [0.29, 0.717) is 31.0 Å². The van der Waals surface area contributed by atoms with Gasteiger partial charge in [0.15, 0.2) is 0 Å². The number of alkyl halides is 3. The molecular weight excluding hydrogens is 395 g/mol. The molecule has 1 aliphatic rings. The van der Waals surface area contributed by atoms with Crippen molar-refractivity contribution in [2.45, 2.75) is 39.5 Å². The Balaban J connectivity index is 1.84. The topological polar surface area (TPSA) is 49.2 Å². The van der Waals surface area contributed by atoms with E-state index in [9.17, 15) is 13.2 Å². The number of ether oxygens (including phenoxy) is 2. The van der Waals surface area contributed by atoms with E-state index < -0.39 is 19.4 Å². The first-order valence-electron chi connectivity index (χ1n) is 9.72. The van der Waals surface area contributed by atoms with E-state index in [1.54, 1.807) is 25.3 Å². The summed E-state index contributed by atoms with van der Waals surface area (Å²) in [6, 6.07) is 8.80. The Hall–Kier alpha value is -2.87. The van der Waals surface area contributed by atoms with Crippen molar-refractivity contribution in [2.24, 2.45) is 0 Å². The predicted molar refractivity (Wildman–Crippen MR) is 106 cm³/mol. The molecule has 2 aromatic heterocycles. The Morgan fingerprint density at radius 1 is 1.20 bits per heavy atom. The molecule has 3 aromatic rings. The van der Waals surface area contributed by atoms with Crippen LogP contribution in [0.25, 0.3) is 22.6 Å². The van der Waals surface area contributed by atoms with E-state index in [0.717, 1.165) is 28.2 Å². The van der Waals surface area contributed by atoms with E-state index in [1.807, 2.05) is 23.6 Å². The number of halogens is 3. The van der Waals surface area contributed by atoms with Gasteiger partial charge in [0, 0.05) is 35.1 Å². The summed E-state index contributed by atoms with van der Waals surface area (Å²) in [6.45, 7) is 0.853. The average molecular weight is 417 g/mol. The zero-order chi connectivity index (χ0) is 21.3. The summed E-state index contributed by atoms with van der Waals surface area (Å²) >= 11 is 0. The third-order valence-electron chi connectivity index (χ3n) is 5.14. The van der Waals surface area contributed by atoms with Gasteiger partial charge in [-0.3, -0.25) is 4.98 Å². The van der Waals surface area contributed by atoms with Crippen molar-refractivity contribution < 1.29 is 22.6 Å². The molecule has 0 spiro atoms. The molecule has 0 radical (unpaired) electrons. The molecule has 5 nitrogen and oxygen atoms in total. The van der Waals surface area contributed by atoms with Crippen LogP contribution in [0.5, 0.6) is 5.75 Å². The molecule has 3 heterocycles. The first-order chi connectivity index (χ1) is 14.5. The SMILES string of the molecule is Cc1cc(-c2nc(-c3ccc(OC(F)F)c(C)c3)n3c2CCO[C@H](CF)C3)ccn1. The number of hydrogen-bond acceptors (Lipinski definition) is 4. The van der Waals surface area contributed by atoms with Crippen LogP contribution in [0.15, 0.2) is 36.5 Å². The monoisotopic (exact) mass is 417 g/mol. The highest BCUT2D eigenvalue weighted by Crippen LogP contribution is 2.34. The number of imidazole rings is 1. The third-order valence-corrected chi connectivity index (χ3v) is 5.14. The zero-order valence-electron chi connectivity index (χ0n) is 16.7. The molecule has 0 unspecified atom stereocenters. The first kappa shape index (κ1) is 20.4. The molecule has 0 saturated heterocycles. The smallest absolute Gasteiger partial charge is 0.387 e. The average Bonchev–Trinajstić information content (AvgIpc) is 2.92. The summed E-state index contributed by atoms with van der Waals surface area (Å²) in [4.78, 5) is 9.13. The highest BCUT2D eigenvalue weighted by atomic mass is 19.3. The van der Waals surface area contributed by atoms with Crippen molar-refractivity contribution in [3.8, 4) is 28.4 Å². The van der Waals surface area contributed by atoms with Gasteiger partial charge in [0.2, 0.25) is 0 Å². The van der Waals surface area contributed by atoms with Gasteiger partial charge in [0.1, 0.15) is 24.4 Å². The summed E-state index contributed by atoms with van der Waals surface area (Å²) in [6.07, 6.45) is 1.76. The van der Waals surface area contributed by atoms with Crippen molar-refractivity contribution in [3.05, 3.63) is 53.5 Å². The minimum atomic E-state index is -2.89. The van der Waals surface area contributed by atoms with E-state index in [-0.39, 0.29) is 5.75 Å². The third kappa shape index (κ3) is 4.05. The van der Waals surface area contributed by atoms with Gasteiger partial charge >= 0.3 is 6.61 Å². The standard InChI is InChI=1S/C22H22F3N3O2/c1-13-9-16(3-4-19(13)30-22(24)25)21-27-20(15-5-7-26-14(2)10-15)18-6-8-29-17(11-23)12-28(18)21/h3-5,7,9-10,17,22H,6,8,11-12H2,1-2H3/t17-/m1/s1. The van der Waals surface area contributed by atoms with Crippen LogP contribution in [-0.4, -0.2) is 40.5 Å². The van der Waals surface area contributed by atoms with Crippen molar-refractivity contribution in [2.75, 3.05) is 13.3 Å². The zero-order valence-corrected chi connectivity index (χ0v) is 16.7. The maximum absolute atomic E-state index is 13.5. The van der Waals surface area contributed by atoms with Gasteiger partial charge in [-0.25, -0.2) is 9.37 Å². The summed E-state index contributed by atoms with van der Waals surface area (Å²) < 4.78 is 50.8. The second-order valence-electron chi connectivity index (χ2n) is 7.28. The van der Waals surface area contributed by atoms with Gasteiger partial charge in [-0.1, -0.05) is 0 Å². The molecule has 1 aromatic carbocycles. The number of rotatable bonds is 5. The number of nitrogens with zero attached hydrogens (tertiary/aromatic N) is 3. The second-order valence-corrected chi connectivity index (χ2v) is 7.28. The number of aryl methyl sites for hydroxylation is 2. The predicted octanol–water partition coefficient (Wildman–Crippen LogP) is 4.74. The number of aromatic nitrogens is 3. The first-order valence-corrected chi connectivity index (χ1v) is 9.72. The van der Waals surface area contributed by atoms with Crippen molar-refractivity contribution in [1.29, 1.82) is 0 Å². The van der Waals surface area contributed by atoms with Crippen LogP contribution in [0.3, 0.4) is 0 Å². The molecule has 1 aliphatic heterocycles. The lowest BCUT2D eigenvalue weighted by Gasteiger charge is -2.15. The minimum absolute atomic E-state index is 0.117. The highest BCUT2D eigenvalue weighted by Gasteiger charge is 2.25. The Labute approximate surface area is 172 Å². The second kappa shape index (κ2) is 8.47. The highest BCUT2D eigenvalue weighted by molar-refractivity contribution is 5.69. The lowest BCUT2D eigenvalue weighted by Crippen LogP contribution is -2.21. The van der Waals surface area contributed by atoms with Gasteiger partial charge in [-0.05, 0) is 49.7 Å². The molecule has 30 heavy (non-hydrogen) atoms. The molecule has 0 amide bonds. The fourth-order valence-electron chi connectivity index (χ4n) is 3.77. The molecule has 158 valence electrons. The maximum atomic E-state index is 13.5. The van der Waals surface area contributed by atoms with E-state index in [4.69, 9.17) is 9.72 Å². The van der Waals surface area contributed by atoms with Gasteiger partial charge in [-0.15, -0.1) is 0 Å². The van der Waals surface area contributed by atoms with Crippen LogP contribution in [-0.2, 0) is 17.7 Å². The molecule has 4 rings (SSSR count). The summed E-state index contributed by atoms with van der Waals surface area (Å²) in [5.74, 6) is 0.761.